The normalized spacial score (nSPS) is 12.8. The Morgan fingerprint density at radius 3 is 2.95 bits per heavy atom. The number of aromatic nitrogens is 1. The maximum atomic E-state index is 12.2. The number of ether oxygens (including phenoxy) is 1. The van der Waals surface area contributed by atoms with Gasteiger partial charge in [-0.15, -0.1) is 11.3 Å². The average molecular weight is 302 g/mol. The van der Waals surface area contributed by atoms with E-state index in [4.69, 9.17) is 4.74 Å². The van der Waals surface area contributed by atoms with Gasteiger partial charge in [-0.25, -0.2) is 4.79 Å². The standard InChI is InChI=1S/C15H14N2O3S/c1-20-15(19)12-10-5-2-6-11(10)21-14(12)17-13(18)9-4-3-7-16-8-9/h3-4,7-8H,2,5-6H2,1H3,(H,17,18). The number of hydrogen-bond acceptors (Lipinski definition) is 5. The van der Waals surface area contributed by atoms with Crippen molar-refractivity contribution in [2.24, 2.45) is 0 Å². The molecule has 0 aliphatic heterocycles. The van der Waals surface area contributed by atoms with Crippen molar-refractivity contribution in [3.05, 3.63) is 46.1 Å². The molecule has 0 atom stereocenters. The summed E-state index contributed by atoms with van der Waals surface area (Å²) in [5.74, 6) is -0.663. The van der Waals surface area contributed by atoms with E-state index in [0.717, 1.165) is 29.7 Å². The van der Waals surface area contributed by atoms with E-state index in [9.17, 15) is 9.59 Å². The summed E-state index contributed by atoms with van der Waals surface area (Å²) >= 11 is 1.46. The minimum atomic E-state index is -0.393. The van der Waals surface area contributed by atoms with Crippen LogP contribution in [0.2, 0.25) is 0 Å². The maximum Gasteiger partial charge on any atom is 0.341 e. The fourth-order valence-corrected chi connectivity index (χ4v) is 3.76. The largest absolute Gasteiger partial charge is 0.465 e. The van der Waals surface area contributed by atoms with Gasteiger partial charge < -0.3 is 10.1 Å². The average Bonchev–Trinajstić information content (AvgIpc) is 3.07. The molecule has 1 aliphatic carbocycles. The molecular formula is C15H14N2O3S. The molecule has 0 bridgehead atoms. The summed E-state index contributed by atoms with van der Waals surface area (Å²) in [5, 5.41) is 3.38. The van der Waals surface area contributed by atoms with E-state index in [1.807, 2.05) is 0 Å². The van der Waals surface area contributed by atoms with Crippen LogP contribution in [0.5, 0.6) is 0 Å². The highest BCUT2D eigenvalue weighted by atomic mass is 32.1. The molecule has 2 aromatic rings. The summed E-state index contributed by atoms with van der Waals surface area (Å²) in [5.41, 5.74) is 1.99. The molecule has 2 heterocycles. The van der Waals surface area contributed by atoms with Gasteiger partial charge in [-0.2, -0.15) is 0 Å². The second kappa shape index (κ2) is 5.65. The monoisotopic (exact) mass is 302 g/mol. The molecule has 1 N–H and O–H groups in total. The van der Waals surface area contributed by atoms with Crippen LogP contribution in [0.15, 0.2) is 24.5 Å². The Labute approximate surface area is 126 Å². The molecule has 0 saturated carbocycles. The van der Waals surface area contributed by atoms with E-state index < -0.39 is 5.97 Å². The lowest BCUT2D eigenvalue weighted by molar-refractivity contribution is 0.0601. The van der Waals surface area contributed by atoms with Gasteiger partial charge in [0.15, 0.2) is 0 Å². The molecule has 1 amide bonds. The Hall–Kier alpha value is -2.21. The molecule has 108 valence electrons. The molecule has 3 rings (SSSR count). The number of thiophene rings is 1. The van der Waals surface area contributed by atoms with Gasteiger partial charge >= 0.3 is 5.97 Å². The second-order valence-corrected chi connectivity index (χ2v) is 5.85. The molecule has 6 heteroatoms. The number of methoxy groups -OCH3 is 1. The van der Waals surface area contributed by atoms with Crippen LogP contribution in [-0.4, -0.2) is 24.0 Å². The van der Waals surface area contributed by atoms with E-state index in [1.165, 1.54) is 24.6 Å². The third kappa shape index (κ3) is 2.54. The Balaban J connectivity index is 1.92. The molecule has 21 heavy (non-hydrogen) atoms. The van der Waals surface area contributed by atoms with Crippen molar-refractivity contribution in [2.75, 3.05) is 12.4 Å². The number of nitrogens with one attached hydrogen (secondary N) is 1. The van der Waals surface area contributed by atoms with Crippen LogP contribution in [0.1, 0.15) is 37.6 Å². The second-order valence-electron chi connectivity index (χ2n) is 4.75. The van der Waals surface area contributed by atoms with Crippen LogP contribution in [0.25, 0.3) is 0 Å². The Morgan fingerprint density at radius 1 is 1.38 bits per heavy atom. The number of carbonyl (C=O) groups is 2. The molecule has 0 saturated heterocycles. The van der Waals surface area contributed by atoms with E-state index in [2.05, 4.69) is 10.3 Å². The lowest BCUT2D eigenvalue weighted by atomic mass is 10.1. The van der Waals surface area contributed by atoms with Crippen LogP contribution in [0, 0.1) is 0 Å². The lowest BCUT2D eigenvalue weighted by Gasteiger charge is -2.06. The third-order valence-corrected chi connectivity index (χ3v) is 4.67. The van der Waals surface area contributed by atoms with Gasteiger partial charge in [-0.05, 0) is 37.0 Å². The number of fused-ring (bicyclic) bond motifs is 1. The zero-order valence-electron chi connectivity index (χ0n) is 11.5. The first-order valence-electron chi connectivity index (χ1n) is 6.65. The molecule has 2 aromatic heterocycles. The van der Waals surface area contributed by atoms with Gasteiger partial charge in [0.25, 0.3) is 5.91 Å². The maximum absolute atomic E-state index is 12.2. The molecule has 0 aromatic carbocycles. The summed E-state index contributed by atoms with van der Waals surface area (Å²) in [6.07, 6.45) is 5.96. The highest BCUT2D eigenvalue weighted by Crippen LogP contribution is 2.39. The Kier molecular flexibility index (Phi) is 3.70. The van der Waals surface area contributed by atoms with Crippen LogP contribution in [0.3, 0.4) is 0 Å². The number of amides is 1. The quantitative estimate of drug-likeness (QED) is 0.885. The summed E-state index contributed by atoms with van der Waals surface area (Å²) in [6, 6.07) is 3.38. The van der Waals surface area contributed by atoms with Crippen LogP contribution in [0.4, 0.5) is 5.00 Å². The first-order valence-corrected chi connectivity index (χ1v) is 7.46. The fraction of sp³-hybridized carbons (Fsp3) is 0.267. The Morgan fingerprint density at radius 2 is 2.24 bits per heavy atom. The van der Waals surface area contributed by atoms with Crippen molar-refractivity contribution < 1.29 is 14.3 Å². The van der Waals surface area contributed by atoms with Crippen molar-refractivity contribution in [3.8, 4) is 0 Å². The smallest absolute Gasteiger partial charge is 0.341 e. The SMILES string of the molecule is COC(=O)c1c(NC(=O)c2cccnc2)sc2c1CCC2. The number of carbonyl (C=O) groups excluding carboxylic acids is 2. The lowest BCUT2D eigenvalue weighted by Crippen LogP contribution is -2.14. The van der Waals surface area contributed by atoms with Crippen molar-refractivity contribution in [3.63, 3.8) is 0 Å². The first kappa shape index (κ1) is 13.8. The minimum absolute atomic E-state index is 0.270. The number of hydrogen-bond donors (Lipinski definition) is 1. The van der Waals surface area contributed by atoms with Crippen LogP contribution in [-0.2, 0) is 17.6 Å². The van der Waals surface area contributed by atoms with Crippen LogP contribution < -0.4 is 5.32 Å². The number of rotatable bonds is 3. The number of pyridine rings is 1. The highest BCUT2D eigenvalue weighted by Gasteiger charge is 2.28. The van der Waals surface area contributed by atoms with Gasteiger partial charge in [0.2, 0.25) is 0 Å². The number of esters is 1. The zero-order valence-corrected chi connectivity index (χ0v) is 12.3. The van der Waals surface area contributed by atoms with E-state index in [0.29, 0.717) is 16.1 Å². The van der Waals surface area contributed by atoms with E-state index in [1.54, 1.807) is 18.3 Å². The minimum Gasteiger partial charge on any atom is -0.465 e. The summed E-state index contributed by atoms with van der Waals surface area (Å²) < 4.78 is 4.85. The zero-order chi connectivity index (χ0) is 14.8. The van der Waals surface area contributed by atoms with E-state index in [-0.39, 0.29) is 5.91 Å². The molecule has 0 radical (unpaired) electrons. The van der Waals surface area contributed by atoms with Crippen molar-refractivity contribution >= 4 is 28.2 Å². The summed E-state index contributed by atoms with van der Waals surface area (Å²) in [6.45, 7) is 0. The van der Waals surface area contributed by atoms with E-state index >= 15 is 0 Å². The van der Waals surface area contributed by atoms with Gasteiger partial charge in [0.05, 0.1) is 18.2 Å². The van der Waals surface area contributed by atoms with Gasteiger partial charge in [-0.1, -0.05) is 0 Å². The topological polar surface area (TPSA) is 68.3 Å². The number of anilines is 1. The first-order chi connectivity index (χ1) is 10.2. The predicted molar refractivity (Wildman–Crippen MR) is 79.9 cm³/mol. The summed E-state index contributed by atoms with van der Waals surface area (Å²) in [4.78, 5) is 29.3. The molecule has 1 aliphatic rings. The third-order valence-electron chi connectivity index (χ3n) is 3.46. The molecule has 0 spiro atoms. The van der Waals surface area contributed by atoms with Crippen molar-refractivity contribution in [1.29, 1.82) is 0 Å². The predicted octanol–water partition coefficient (Wildman–Crippen LogP) is 2.67. The molecule has 5 nitrogen and oxygen atoms in total. The molecule has 0 fully saturated rings. The molecular weight excluding hydrogens is 288 g/mol. The van der Waals surface area contributed by atoms with Crippen molar-refractivity contribution in [2.45, 2.75) is 19.3 Å². The molecule has 0 unspecified atom stereocenters. The number of aryl methyl sites for hydroxylation is 1. The van der Waals surface area contributed by atoms with Gasteiger partial charge in [0, 0.05) is 17.3 Å². The highest BCUT2D eigenvalue weighted by molar-refractivity contribution is 7.17. The van der Waals surface area contributed by atoms with Crippen molar-refractivity contribution in [1.82, 2.24) is 4.98 Å². The van der Waals surface area contributed by atoms with Crippen LogP contribution >= 0.6 is 11.3 Å². The Bertz CT molecular complexity index is 694. The fourth-order valence-electron chi connectivity index (χ4n) is 2.48. The van der Waals surface area contributed by atoms with Gasteiger partial charge in [-0.3, -0.25) is 9.78 Å². The van der Waals surface area contributed by atoms with Gasteiger partial charge in [0.1, 0.15) is 5.00 Å². The number of nitrogens with zero attached hydrogens (tertiary/aromatic N) is 1. The summed E-state index contributed by atoms with van der Waals surface area (Å²) in [7, 11) is 1.36.